The summed E-state index contributed by atoms with van der Waals surface area (Å²) in [6.07, 6.45) is 1.36. The van der Waals surface area contributed by atoms with E-state index in [4.69, 9.17) is 29.9 Å². The van der Waals surface area contributed by atoms with Crippen molar-refractivity contribution in [3.05, 3.63) is 11.5 Å². The van der Waals surface area contributed by atoms with E-state index >= 15 is 0 Å². The third kappa shape index (κ3) is 9.42. The highest BCUT2D eigenvalue weighted by Gasteiger charge is 2.37. The summed E-state index contributed by atoms with van der Waals surface area (Å²) in [6.45, 7) is 14.4. The summed E-state index contributed by atoms with van der Waals surface area (Å²) in [5.74, 6) is 0.189. The lowest BCUT2D eigenvalue weighted by molar-refractivity contribution is -0.105. The Morgan fingerprint density at radius 1 is 1.22 bits per heavy atom. The predicted octanol–water partition coefficient (Wildman–Crippen LogP) is 4.48. The average molecular weight is 511 g/mol. The number of rotatable bonds is 15. The zero-order chi connectivity index (χ0) is 24.4. The second-order valence-electron chi connectivity index (χ2n) is 8.34. The summed E-state index contributed by atoms with van der Waals surface area (Å²) in [6, 6.07) is 0. The number of amides is 1. The fourth-order valence-corrected chi connectivity index (χ4v) is 6.07. The second-order valence-corrected chi connectivity index (χ2v) is 13.3. The third-order valence-corrected chi connectivity index (χ3v) is 7.49. The number of hydrogen-bond donors (Lipinski definition) is 2. The standard InChI is InChI=1S/C19H36ClN4O6PSi/c1-8-27-31(26,28-9-2)11-10-14(16(19(3,4)5)30-32(6)7)29-24-18-15(23-13-25)17(20)21-12-22-18/h12-14,16,32H,8-11H2,1-7H3,(H,23,25)(H,21,22,24). The van der Waals surface area contributed by atoms with E-state index in [1.165, 1.54) is 6.33 Å². The molecule has 1 aromatic heterocycles. The van der Waals surface area contributed by atoms with Gasteiger partial charge >= 0.3 is 7.60 Å². The number of halogens is 1. The van der Waals surface area contributed by atoms with Gasteiger partial charge in [-0.15, -0.1) is 0 Å². The minimum absolute atomic E-state index is 0.0603. The number of carbonyl (C=O) groups is 1. The van der Waals surface area contributed by atoms with Gasteiger partial charge in [-0.25, -0.2) is 15.4 Å². The van der Waals surface area contributed by atoms with Gasteiger partial charge in [0.2, 0.25) is 6.41 Å². The van der Waals surface area contributed by atoms with E-state index in [-0.39, 0.29) is 47.6 Å². The van der Waals surface area contributed by atoms with Crippen molar-refractivity contribution < 1.29 is 27.7 Å². The normalized spacial score (nSPS) is 14.3. The van der Waals surface area contributed by atoms with Crippen LogP contribution in [0.4, 0.5) is 11.5 Å². The molecule has 32 heavy (non-hydrogen) atoms. The van der Waals surface area contributed by atoms with E-state index in [1.807, 2.05) is 0 Å². The lowest BCUT2D eigenvalue weighted by Crippen LogP contribution is -2.45. The molecule has 184 valence electrons. The number of aromatic nitrogens is 2. The molecule has 0 aliphatic heterocycles. The van der Waals surface area contributed by atoms with Crippen LogP contribution < -0.4 is 10.8 Å². The van der Waals surface area contributed by atoms with Gasteiger partial charge in [0.1, 0.15) is 18.1 Å². The van der Waals surface area contributed by atoms with Crippen molar-refractivity contribution >= 4 is 46.2 Å². The molecule has 1 aromatic rings. The molecule has 0 spiro atoms. The molecule has 0 fully saturated rings. The monoisotopic (exact) mass is 510 g/mol. The van der Waals surface area contributed by atoms with Crippen molar-refractivity contribution in [1.29, 1.82) is 0 Å². The summed E-state index contributed by atoms with van der Waals surface area (Å²) in [5, 5.41) is 2.52. The Bertz CT molecular complexity index is 758. The van der Waals surface area contributed by atoms with Crippen LogP contribution in [0.25, 0.3) is 0 Å². The van der Waals surface area contributed by atoms with Crippen LogP contribution in [0.1, 0.15) is 41.0 Å². The molecule has 0 radical (unpaired) electrons. The van der Waals surface area contributed by atoms with Crippen molar-refractivity contribution in [3.8, 4) is 0 Å². The average Bonchev–Trinajstić information content (AvgIpc) is 2.68. The Kier molecular flexibility index (Phi) is 12.3. The molecule has 1 amide bonds. The van der Waals surface area contributed by atoms with Gasteiger partial charge in [0.25, 0.3) is 0 Å². The van der Waals surface area contributed by atoms with Gasteiger partial charge in [0.15, 0.2) is 20.0 Å². The number of hydrogen-bond acceptors (Lipinski definition) is 9. The van der Waals surface area contributed by atoms with Crippen molar-refractivity contribution in [3.63, 3.8) is 0 Å². The van der Waals surface area contributed by atoms with Crippen molar-refractivity contribution in [2.24, 2.45) is 5.41 Å². The molecule has 13 heteroatoms. The SMILES string of the molecule is CCOP(=O)(CCC(ONc1ncnc(Cl)c1NC=O)C(O[SiH](C)C)C(C)(C)C)OCC. The Labute approximate surface area is 197 Å². The van der Waals surface area contributed by atoms with Crippen LogP contribution in [0.15, 0.2) is 6.33 Å². The molecular weight excluding hydrogens is 475 g/mol. The van der Waals surface area contributed by atoms with Crippen LogP contribution in [0.5, 0.6) is 0 Å². The molecular formula is C19H36ClN4O6PSi. The van der Waals surface area contributed by atoms with Gasteiger partial charge in [-0.05, 0) is 38.8 Å². The maximum absolute atomic E-state index is 13.0. The van der Waals surface area contributed by atoms with Crippen LogP contribution >= 0.6 is 19.2 Å². The highest BCUT2D eigenvalue weighted by Crippen LogP contribution is 2.49. The van der Waals surface area contributed by atoms with E-state index in [0.717, 1.165) is 0 Å². The number of anilines is 2. The van der Waals surface area contributed by atoms with Crippen LogP contribution in [0.3, 0.4) is 0 Å². The molecule has 2 N–H and O–H groups in total. The predicted molar refractivity (Wildman–Crippen MR) is 129 cm³/mol. The molecule has 0 aliphatic carbocycles. The maximum atomic E-state index is 13.0. The molecule has 0 aromatic carbocycles. The molecule has 0 saturated heterocycles. The van der Waals surface area contributed by atoms with Gasteiger partial charge in [-0.3, -0.25) is 14.2 Å². The number of nitrogens with one attached hydrogen (secondary N) is 2. The van der Waals surface area contributed by atoms with Crippen molar-refractivity contribution in [1.82, 2.24) is 9.97 Å². The molecule has 0 aliphatic rings. The van der Waals surface area contributed by atoms with Gasteiger partial charge in [-0.1, -0.05) is 32.4 Å². The quantitative estimate of drug-likeness (QED) is 0.116. The number of nitrogens with zero attached hydrogens (tertiary/aromatic N) is 2. The molecule has 1 rings (SSSR count). The van der Waals surface area contributed by atoms with E-state index in [9.17, 15) is 9.36 Å². The van der Waals surface area contributed by atoms with Crippen LogP contribution in [0.2, 0.25) is 18.2 Å². The largest absolute Gasteiger partial charge is 0.414 e. The summed E-state index contributed by atoms with van der Waals surface area (Å²) >= 11 is 6.06. The first kappa shape index (κ1) is 29.0. The Morgan fingerprint density at radius 2 is 1.84 bits per heavy atom. The van der Waals surface area contributed by atoms with E-state index < -0.39 is 22.7 Å². The smallest absolute Gasteiger partial charge is 0.330 e. The van der Waals surface area contributed by atoms with Gasteiger partial charge in [0, 0.05) is 0 Å². The van der Waals surface area contributed by atoms with Crippen LogP contribution in [0, 0.1) is 5.41 Å². The van der Waals surface area contributed by atoms with E-state index in [0.29, 0.717) is 12.8 Å². The minimum Gasteiger partial charge on any atom is -0.414 e. The third-order valence-electron chi connectivity index (χ3n) is 4.26. The topological polar surface area (TPSA) is 121 Å². The molecule has 1 heterocycles. The highest BCUT2D eigenvalue weighted by molar-refractivity contribution is 7.53. The summed E-state index contributed by atoms with van der Waals surface area (Å²) in [4.78, 5) is 24.9. The summed E-state index contributed by atoms with van der Waals surface area (Å²) in [5.41, 5.74) is 2.68. The second kappa shape index (κ2) is 13.6. The first-order valence-electron chi connectivity index (χ1n) is 10.6. The molecule has 2 unspecified atom stereocenters. The lowest BCUT2D eigenvalue weighted by atomic mass is 9.85. The molecule has 0 saturated carbocycles. The molecule has 0 bridgehead atoms. The Hall–Kier alpha value is -1.07. The first-order valence-corrected chi connectivity index (χ1v) is 15.5. The Balaban J connectivity index is 3.18. The Morgan fingerprint density at radius 3 is 2.34 bits per heavy atom. The zero-order valence-corrected chi connectivity index (χ0v) is 22.7. The van der Waals surface area contributed by atoms with Gasteiger partial charge < -0.3 is 18.8 Å². The minimum atomic E-state index is -3.28. The molecule has 2 atom stereocenters. The van der Waals surface area contributed by atoms with E-state index in [1.54, 1.807) is 13.8 Å². The fraction of sp³-hybridized carbons (Fsp3) is 0.737. The lowest BCUT2D eigenvalue weighted by Gasteiger charge is -2.38. The highest BCUT2D eigenvalue weighted by atomic mass is 35.5. The summed E-state index contributed by atoms with van der Waals surface area (Å²) in [7, 11) is -4.73. The van der Waals surface area contributed by atoms with Crippen molar-refractivity contribution in [2.75, 3.05) is 30.2 Å². The van der Waals surface area contributed by atoms with Crippen LogP contribution in [-0.2, 0) is 27.7 Å². The number of carbonyl (C=O) groups excluding carboxylic acids is 1. The van der Waals surface area contributed by atoms with E-state index in [2.05, 4.69) is 54.6 Å². The maximum Gasteiger partial charge on any atom is 0.330 e. The van der Waals surface area contributed by atoms with Gasteiger partial charge in [-0.2, -0.15) is 0 Å². The molecule has 10 nitrogen and oxygen atoms in total. The van der Waals surface area contributed by atoms with Gasteiger partial charge in [0.05, 0.1) is 25.5 Å². The van der Waals surface area contributed by atoms with Crippen molar-refractivity contribution in [2.45, 2.75) is 66.3 Å². The van der Waals surface area contributed by atoms with Crippen LogP contribution in [-0.4, -0.2) is 57.0 Å². The summed E-state index contributed by atoms with van der Waals surface area (Å²) < 4.78 is 30.2. The fourth-order valence-electron chi connectivity index (χ4n) is 3.02. The first-order chi connectivity index (χ1) is 15.0. The zero-order valence-electron chi connectivity index (χ0n) is 19.9.